The maximum Gasteiger partial charge on any atom is 0.263 e. The molecule has 0 saturated carbocycles. The Kier molecular flexibility index (Phi) is 5.29. The predicted molar refractivity (Wildman–Crippen MR) is 95.5 cm³/mol. The van der Waals surface area contributed by atoms with Crippen LogP contribution in [0.5, 0.6) is 5.75 Å². The van der Waals surface area contributed by atoms with Crippen LogP contribution in [0.3, 0.4) is 0 Å². The van der Waals surface area contributed by atoms with Crippen LogP contribution in [-0.4, -0.2) is 32.1 Å². The molecule has 0 radical (unpaired) electrons. The molecule has 2 N–H and O–H groups in total. The third-order valence-electron chi connectivity index (χ3n) is 3.74. The van der Waals surface area contributed by atoms with Crippen molar-refractivity contribution >= 4 is 38.1 Å². The smallest absolute Gasteiger partial charge is 0.263 e. The molecule has 3 rings (SSSR count). The molecule has 0 bridgehead atoms. The van der Waals surface area contributed by atoms with Gasteiger partial charge in [-0.15, -0.1) is 11.3 Å². The van der Waals surface area contributed by atoms with Crippen LogP contribution in [0.2, 0.25) is 5.02 Å². The highest BCUT2D eigenvalue weighted by atomic mass is 35.5. The van der Waals surface area contributed by atoms with Gasteiger partial charge in [-0.05, 0) is 44.5 Å². The second-order valence-corrected chi connectivity index (χ2v) is 8.64. The number of nitrogens with zero attached hydrogens (tertiary/aromatic N) is 1. The number of benzene rings is 1. The van der Waals surface area contributed by atoms with E-state index >= 15 is 0 Å². The Morgan fingerprint density at radius 1 is 1.46 bits per heavy atom. The van der Waals surface area contributed by atoms with Crippen molar-refractivity contribution in [2.24, 2.45) is 0 Å². The highest BCUT2D eigenvalue weighted by Crippen LogP contribution is 2.30. The van der Waals surface area contributed by atoms with Gasteiger partial charge in [0.25, 0.3) is 10.0 Å². The summed E-state index contributed by atoms with van der Waals surface area (Å²) < 4.78 is 33.0. The van der Waals surface area contributed by atoms with Crippen molar-refractivity contribution in [3.63, 3.8) is 0 Å². The second kappa shape index (κ2) is 7.26. The van der Waals surface area contributed by atoms with E-state index in [4.69, 9.17) is 16.3 Å². The van der Waals surface area contributed by atoms with Crippen molar-refractivity contribution in [3.05, 3.63) is 34.8 Å². The van der Waals surface area contributed by atoms with Gasteiger partial charge in [0.2, 0.25) is 0 Å². The predicted octanol–water partition coefficient (Wildman–Crippen LogP) is 3.12. The largest absolute Gasteiger partial charge is 0.489 e. The van der Waals surface area contributed by atoms with E-state index in [1.165, 1.54) is 29.7 Å². The molecule has 24 heavy (non-hydrogen) atoms. The molecule has 2 atom stereocenters. The number of hydrogen-bond donors (Lipinski definition) is 2. The number of hydrogen-bond acceptors (Lipinski definition) is 6. The lowest BCUT2D eigenvalue weighted by Crippen LogP contribution is -2.40. The number of ether oxygens (including phenoxy) is 1. The lowest BCUT2D eigenvalue weighted by atomic mass is 10.0. The van der Waals surface area contributed by atoms with Gasteiger partial charge in [-0.1, -0.05) is 11.6 Å². The molecule has 2 heterocycles. The SMILES string of the molecule is C[C@H]1C[C@@H](Oc2ccc(S(=O)(=O)Nc3nccs3)cc2Cl)CCN1. The molecule has 1 aliphatic heterocycles. The van der Waals surface area contributed by atoms with Crippen LogP contribution < -0.4 is 14.8 Å². The van der Waals surface area contributed by atoms with Gasteiger partial charge >= 0.3 is 0 Å². The van der Waals surface area contributed by atoms with Crippen molar-refractivity contribution in [2.45, 2.75) is 36.8 Å². The quantitative estimate of drug-likeness (QED) is 0.823. The molecule has 6 nitrogen and oxygen atoms in total. The van der Waals surface area contributed by atoms with Crippen molar-refractivity contribution < 1.29 is 13.2 Å². The topological polar surface area (TPSA) is 80.3 Å². The first-order valence-corrected chi connectivity index (χ1v) is 10.3. The fourth-order valence-corrected chi connectivity index (χ4v) is 4.67. The first-order chi connectivity index (χ1) is 11.4. The molecule has 2 aromatic rings. The molecule has 0 unspecified atom stereocenters. The summed E-state index contributed by atoms with van der Waals surface area (Å²) in [6, 6.07) is 4.88. The molecular weight excluding hydrogens is 370 g/mol. The summed E-state index contributed by atoms with van der Waals surface area (Å²) in [5.74, 6) is 0.504. The zero-order chi connectivity index (χ0) is 17.2. The van der Waals surface area contributed by atoms with E-state index in [1.807, 2.05) is 0 Å². The molecule has 1 saturated heterocycles. The van der Waals surface area contributed by atoms with Crippen LogP contribution >= 0.6 is 22.9 Å². The van der Waals surface area contributed by atoms with Crippen molar-refractivity contribution in [3.8, 4) is 5.75 Å². The van der Waals surface area contributed by atoms with Crippen LogP contribution in [0, 0.1) is 0 Å². The summed E-state index contributed by atoms with van der Waals surface area (Å²) in [5.41, 5.74) is 0. The molecule has 1 aliphatic rings. The first-order valence-electron chi connectivity index (χ1n) is 7.56. The zero-order valence-corrected chi connectivity index (χ0v) is 15.4. The average molecular weight is 388 g/mol. The summed E-state index contributed by atoms with van der Waals surface area (Å²) in [6.45, 7) is 3.00. The maximum atomic E-state index is 12.3. The fourth-order valence-electron chi connectivity index (χ4n) is 2.56. The first kappa shape index (κ1) is 17.5. The van der Waals surface area contributed by atoms with Crippen LogP contribution in [0.25, 0.3) is 0 Å². The Labute approximate surface area is 150 Å². The van der Waals surface area contributed by atoms with Crippen LogP contribution in [0.1, 0.15) is 19.8 Å². The van der Waals surface area contributed by atoms with Gasteiger partial charge in [0.05, 0.1) is 9.92 Å². The Balaban J connectivity index is 1.74. The normalized spacial score (nSPS) is 21.4. The molecule has 1 fully saturated rings. The van der Waals surface area contributed by atoms with Crippen LogP contribution in [0.15, 0.2) is 34.7 Å². The van der Waals surface area contributed by atoms with Crippen LogP contribution in [0.4, 0.5) is 5.13 Å². The number of sulfonamides is 1. The average Bonchev–Trinajstić information content (AvgIpc) is 3.01. The molecule has 0 aliphatic carbocycles. The van der Waals surface area contributed by atoms with Crippen molar-refractivity contribution in [1.29, 1.82) is 0 Å². The number of piperidine rings is 1. The monoisotopic (exact) mass is 387 g/mol. The Morgan fingerprint density at radius 3 is 2.96 bits per heavy atom. The fraction of sp³-hybridized carbons (Fsp3) is 0.400. The van der Waals surface area contributed by atoms with E-state index in [0.29, 0.717) is 16.9 Å². The van der Waals surface area contributed by atoms with Gasteiger partial charge in [0.15, 0.2) is 5.13 Å². The lowest BCUT2D eigenvalue weighted by molar-refractivity contribution is 0.144. The summed E-state index contributed by atoms with van der Waals surface area (Å²) in [6.07, 6.45) is 3.40. The summed E-state index contributed by atoms with van der Waals surface area (Å²) >= 11 is 7.44. The number of anilines is 1. The minimum absolute atomic E-state index is 0.0775. The summed E-state index contributed by atoms with van der Waals surface area (Å²) in [7, 11) is -3.72. The van der Waals surface area contributed by atoms with E-state index in [1.54, 1.807) is 11.4 Å². The minimum atomic E-state index is -3.72. The number of thiazole rings is 1. The number of aromatic nitrogens is 1. The van der Waals surface area contributed by atoms with Gasteiger partial charge < -0.3 is 10.1 Å². The molecule has 1 aromatic heterocycles. The number of nitrogens with one attached hydrogen (secondary N) is 2. The molecule has 0 spiro atoms. The van der Waals surface area contributed by atoms with Crippen LogP contribution in [-0.2, 0) is 10.0 Å². The zero-order valence-electron chi connectivity index (χ0n) is 13.0. The summed E-state index contributed by atoms with van der Waals surface area (Å²) in [4.78, 5) is 3.99. The Bertz CT molecular complexity index is 796. The van der Waals surface area contributed by atoms with E-state index < -0.39 is 10.0 Å². The number of rotatable bonds is 5. The molecular formula is C15H18ClN3O3S2. The van der Waals surface area contributed by atoms with Crippen molar-refractivity contribution in [1.82, 2.24) is 10.3 Å². The van der Waals surface area contributed by atoms with Gasteiger partial charge in [0.1, 0.15) is 11.9 Å². The molecule has 0 amide bonds. The van der Waals surface area contributed by atoms with Gasteiger partial charge in [0, 0.05) is 17.6 Å². The van der Waals surface area contributed by atoms with E-state index in [0.717, 1.165) is 19.4 Å². The molecule has 1 aromatic carbocycles. The van der Waals surface area contributed by atoms with E-state index in [9.17, 15) is 8.42 Å². The second-order valence-electron chi connectivity index (χ2n) is 5.65. The van der Waals surface area contributed by atoms with E-state index in [-0.39, 0.29) is 16.0 Å². The molecule has 9 heteroatoms. The third-order valence-corrected chi connectivity index (χ3v) is 6.19. The van der Waals surface area contributed by atoms with Gasteiger partial charge in [-0.2, -0.15) is 0 Å². The maximum absolute atomic E-state index is 12.3. The highest BCUT2D eigenvalue weighted by molar-refractivity contribution is 7.93. The Morgan fingerprint density at radius 2 is 2.29 bits per heavy atom. The summed E-state index contributed by atoms with van der Waals surface area (Å²) in [5, 5.41) is 5.65. The third kappa shape index (κ3) is 4.18. The lowest BCUT2D eigenvalue weighted by Gasteiger charge is -2.28. The van der Waals surface area contributed by atoms with Gasteiger partial charge in [-0.25, -0.2) is 13.4 Å². The number of halogens is 1. The van der Waals surface area contributed by atoms with E-state index in [2.05, 4.69) is 21.9 Å². The Hall–Kier alpha value is -1.35. The molecule has 130 valence electrons. The highest BCUT2D eigenvalue weighted by Gasteiger charge is 2.22. The standard InChI is InChI=1S/C15H18ClN3O3S2/c1-10-8-11(4-5-17-10)22-14-3-2-12(9-13(14)16)24(20,21)19-15-18-6-7-23-15/h2-3,6-7,9-11,17H,4-5,8H2,1H3,(H,18,19)/t10-,11-/m0/s1. The van der Waals surface area contributed by atoms with Crippen molar-refractivity contribution in [2.75, 3.05) is 11.3 Å². The van der Waals surface area contributed by atoms with Gasteiger partial charge in [-0.3, -0.25) is 4.72 Å². The minimum Gasteiger partial charge on any atom is -0.489 e.